The molecule has 2 heterocycles. The van der Waals surface area contributed by atoms with E-state index in [0.29, 0.717) is 5.84 Å². The number of pyridine rings is 1. The average Bonchev–Trinajstić information content (AvgIpc) is 3.23. The molecule has 1 aromatic heterocycles. The Labute approximate surface area is 157 Å². The van der Waals surface area contributed by atoms with Gasteiger partial charge in [0, 0.05) is 18.3 Å². The maximum absolute atomic E-state index is 10.3. The van der Waals surface area contributed by atoms with Gasteiger partial charge in [-0.1, -0.05) is 19.9 Å². The number of nitriles is 2. The van der Waals surface area contributed by atoms with E-state index < -0.39 is 15.0 Å². The molecule has 1 aliphatic carbocycles. The summed E-state index contributed by atoms with van der Waals surface area (Å²) in [4.78, 5) is 8.93. The molecule has 0 spiro atoms. The van der Waals surface area contributed by atoms with Gasteiger partial charge in [0.2, 0.25) is 0 Å². The van der Waals surface area contributed by atoms with Crippen LogP contribution in [0, 0.1) is 33.5 Å². The Kier molecular flexibility index (Phi) is 4.74. The first kappa shape index (κ1) is 18.1. The van der Waals surface area contributed by atoms with Crippen molar-refractivity contribution >= 4 is 29.4 Å². The largest absolute Gasteiger partial charge is 0.386 e. The van der Waals surface area contributed by atoms with Crippen LogP contribution in [0.4, 0.5) is 0 Å². The van der Waals surface area contributed by atoms with E-state index in [0.717, 1.165) is 29.9 Å². The Hall–Kier alpha value is -1.70. The van der Waals surface area contributed by atoms with Gasteiger partial charge >= 0.3 is 0 Å². The van der Waals surface area contributed by atoms with Crippen LogP contribution in [0.15, 0.2) is 29.5 Å². The smallest absolute Gasteiger partial charge is 0.175 e. The van der Waals surface area contributed by atoms with Crippen LogP contribution in [-0.4, -0.2) is 26.5 Å². The highest BCUT2D eigenvalue weighted by molar-refractivity contribution is 8.18. The van der Waals surface area contributed by atoms with E-state index in [4.69, 9.17) is 10.7 Å². The molecule has 3 unspecified atom stereocenters. The van der Waals surface area contributed by atoms with Crippen molar-refractivity contribution in [3.05, 3.63) is 30.1 Å². The van der Waals surface area contributed by atoms with Gasteiger partial charge in [0.05, 0.1) is 12.1 Å². The third-order valence-corrected chi connectivity index (χ3v) is 8.49. The van der Waals surface area contributed by atoms with E-state index in [-0.39, 0.29) is 5.92 Å². The first-order chi connectivity index (χ1) is 12.1. The van der Waals surface area contributed by atoms with Crippen LogP contribution >= 0.6 is 23.5 Å². The number of nitrogens with two attached hydrogens (primary N) is 1. The van der Waals surface area contributed by atoms with Crippen molar-refractivity contribution in [2.24, 2.45) is 21.6 Å². The van der Waals surface area contributed by atoms with Gasteiger partial charge in [-0.3, -0.25) is 4.98 Å². The number of aromatic nitrogens is 1. The Morgan fingerprint density at radius 1 is 1.20 bits per heavy atom. The van der Waals surface area contributed by atoms with Crippen molar-refractivity contribution in [3.8, 4) is 12.1 Å². The van der Waals surface area contributed by atoms with Crippen LogP contribution in [0.25, 0.3) is 0 Å². The lowest BCUT2D eigenvalue weighted by Crippen LogP contribution is -2.32. The SMILES string of the molecule is CCCSC1(SCCC)N=C(N)C2(C#N)C(c3cccnc3)C12C#N. The molecule has 2 aliphatic rings. The Bertz CT molecular complexity index is 758. The normalized spacial score (nSPS) is 31.5. The fraction of sp³-hybridized carbons (Fsp3) is 0.556. The molecule has 3 rings (SSSR count). The van der Waals surface area contributed by atoms with Gasteiger partial charge < -0.3 is 5.73 Å². The van der Waals surface area contributed by atoms with Crippen LogP contribution in [0.5, 0.6) is 0 Å². The lowest BCUT2D eigenvalue weighted by atomic mass is 9.97. The second-order valence-electron chi connectivity index (χ2n) is 6.33. The molecular formula is C18H21N5S2. The quantitative estimate of drug-likeness (QED) is 0.736. The van der Waals surface area contributed by atoms with E-state index in [1.807, 2.05) is 12.1 Å². The van der Waals surface area contributed by atoms with Gasteiger partial charge in [-0.2, -0.15) is 10.5 Å². The van der Waals surface area contributed by atoms with Gasteiger partial charge in [0.1, 0.15) is 16.7 Å². The molecule has 0 bridgehead atoms. The van der Waals surface area contributed by atoms with Crippen molar-refractivity contribution in [2.45, 2.75) is 36.8 Å². The molecule has 7 heteroatoms. The van der Waals surface area contributed by atoms with Crippen molar-refractivity contribution < 1.29 is 0 Å². The Morgan fingerprint density at radius 3 is 2.36 bits per heavy atom. The number of fused-ring (bicyclic) bond motifs is 1. The summed E-state index contributed by atoms with van der Waals surface area (Å²) in [6.07, 6.45) is 5.40. The summed E-state index contributed by atoms with van der Waals surface area (Å²) in [6.45, 7) is 4.21. The fourth-order valence-electron chi connectivity index (χ4n) is 3.89. The molecular weight excluding hydrogens is 350 g/mol. The zero-order valence-electron chi connectivity index (χ0n) is 14.4. The first-order valence-corrected chi connectivity index (χ1v) is 10.4. The molecule has 1 fully saturated rings. The molecule has 1 aliphatic heterocycles. The molecule has 25 heavy (non-hydrogen) atoms. The minimum Gasteiger partial charge on any atom is -0.386 e. The average molecular weight is 372 g/mol. The topological polar surface area (TPSA) is 98.8 Å². The second kappa shape index (κ2) is 6.55. The minimum absolute atomic E-state index is 0.282. The van der Waals surface area contributed by atoms with E-state index >= 15 is 0 Å². The summed E-state index contributed by atoms with van der Waals surface area (Å²) in [5, 5.41) is 20.3. The molecule has 2 N–H and O–H groups in total. The summed E-state index contributed by atoms with van der Waals surface area (Å²) in [5.74, 6) is 1.77. The third kappa shape index (κ3) is 2.16. The molecule has 130 valence electrons. The number of nitrogens with zero attached hydrogens (tertiary/aromatic N) is 4. The van der Waals surface area contributed by atoms with Crippen LogP contribution < -0.4 is 5.73 Å². The fourth-order valence-corrected chi connectivity index (χ4v) is 7.11. The van der Waals surface area contributed by atoms with E-state index in [1.54, 1.807) is 35.9 Å². The molecule has 0 amide bonds. The number of hydrogen-bond acceptors (Lipinski definition) is 7. The summed E-state index contributed by atoms with van der Waals surface area (Å²) in [7, 11) is 0. The predicted octanol–water partition coefficient (Wildman–Crippen LogP) is 3.51. The van der Waals surface area contributed by atoms with Crippen molar-refractivity contribution in [2.75, 3.05) is 11.5 Å². The molecule has 0 radical (unpaired) electrons. The zero-order valence-corrected chi connectivity index (χ0v) is 16.0. The van der Waals surface area contributed by atoms with E-state index in [9.17, 15) is 10.5 Å². The summed E-state index contributed by atoms with van der Waals surface area (Å²) >= 11 is 3.32. The van der Waals surface area contributed by atoms with Crippen molar-refractivity contribution in [1.29, 1.82) is 10.5 Å². The first-order valence-electron chi connectivity index (χ1n) is 8.46. The summed E-state index contributed by atoms with van der Waals surface area (Å²) in [6, 6.07) is 8.66. The number of rotatable bonds is 7. The minimum atomic E-state index is -1.05. The molecule has 1 aromatic rings. The highest BCUT2D eigenvalue weighted by atomic mass is 32.2. The Balaban J connectivity index is 2.16. The van der Waals surface area contributed by atoms with E-state index in [2.05, 4.69) is 31.0 Å². The monoisotopic (exact) mass is 371 g/mol. The lowest BCUT2D eigenvalue weighted by molar-refractivity contribution is 0.563. The number of thioether (sulfide) groups is 2. The maximum atomic E-state index is 10.3. The number of hydrogen-bond donors (Lipinski definition) is 1. The summed E-state index contributed by atoms with van der Waals surface area (Å²) in [5.41, 5.74) is 5.20. The summed E-state index contributed by atoms with van der Waals surface area (Å²) < 4.78 is -0.728. The van der Waals surface area contributed by atoms with Crippen LogP contribution in [0.3, 0.4) is 0 Å². The Morgan fingerprint density at radius 2 is 1.88 bits per heavy atom. The maximum Gasteiger partial charge on any atom is 0.175 e. The van der Waals surface area contributed by atoms with Gasteiger partial charge in [0.15, 0.2) is 4.20 Å². The lowest BCUT2D eigenvalue weighted by Gasteiger charge is -2.31. The highest BCUT2D eigenvalue weighted by Gasteiger charge is 2.92. The molecule has 5 nitrogen and oxygen atoms in total. The standard InChI is InChI=1S/C18H21N5S2/c1-3-8-24-18(25-9-4-2)17(12-20)14(13-6-5-7-22-10-13)16(17,11-19)15(21)23-18/h5-7,10,14H,3-4,8-9H2,1-2H3,(H2,21,23). The molecule has 0 saturated heterocycles. The predicted molar refractivity (Wildman–Crippen MR) is 103 cm³/mol. The van der Waals surface area contributed by atoms with Gasteiger partial charge in [-0.25, -0.2) is 4.99 Å². The number of aliphatic imine (C=N–C) groups is 1. The zero-order chi connectivity index (χ0) is 18.1. The van der Waals surface area contributed by atoms with Crippen molar-refractivity contribution in [3.63, 3.8) is 0 Å². The second-order valence-corrected chi connectivity index (χ2v) is 9.17. The van der Waals surface area contributed by atoms with Gasteiger partial charge in [-0.05, 0) is 36.0 Å². The van der Waals surface area contributed by atoms with Gasteiger partial charge in [0.25, 0.3) is 0 Å². The van der Waals surface area contributed by atoms with Crippen LogP contribution in [0.2, 0.25) is 0 Å². The molecule has 0 aromatic carbocycles. The molecule has 1 saturated carbocycles. The highest BCUT2D eigenvalue weighted by Crippen LogP contribution is 2.85. The third-order valence-electron chi connectivity index (χ3n) is 4.95. The van der Waals surface area contributed by atoms with E-state index in [1.165, 1.54) is 0 Å². The molecule has 3 atom stereocenters. The van der Waals surface area contributed by atoms with Crippen LogP contribution in [-0.2, 0) is 0 Å². The number of amidine groups is 1. The van der Waals surface area contributed by atoms with Crippen LogP contribution in [0.1, 0.15) is 38.2 Å². The van der Waals surface area contributed by atoms with Crippen molar-refractivity contribution in [1.82, 2.24) is 4.98 Å². The van der Waals surface area contributed by atoms with Gasteiger partial charge in [-0.15, -0.1) is 23.5 Å².